The number of aryl methyl sites for hydroxylation is 2. The van der Waals surface area contributed by atoms with Crippen LogP contribution in [0, 0.1) is 13.8 Å². The van der Waals surface area contributed by atoms with E-state index in [0.717, 1.165) is 54.9 Å². The molecule has 0 saturated carbocycles. The molecular weight excluding hydrogens is 332 g/mol. The average Bonchev–Trinajstić information content (AvgIpc) is 2.62. The number of fused-ring (bicyclic) bond motifs is 2. The summed E-state index contributed by atoms with van der Waals surface area (Å²) in [6.07, 6.45) is 0. The molecule has 0 amide bonds. The van der Waals surface area contributed by atoms with E-state index in [1.165, 1.54) is 0 Å². The third kappa shape index (κ3) is 3.02. The molecule has 1 saturated heterocycles. The Morgan fingerprint density at radius 3 is 2.54 bits per heavy atom. The number of rotatable bonds is 3. The summed E-state index contributed by atoms with van der Waals surface area (Å²) in [7, 11) is 0. The number of hydrogen-bond donors (Lipinski definition) is 2. The van der Waals surface area contributed by atoms with Crippen molar-refractivity contribution in [2.45, 2.75) is 20.4 Å². The lowest BCUT2D eigenvalue weighted by Crippen LogP contribution is -2.44. The molecule has 8 nitrogen and oxygen atoms in total. The first-order valence-corrected chi connectivity index (χ1v) is 8.88. The molecule has 0 unspecified atom stereocenters. The van der Waals surface area contributed by atoms with Crippen LogP contribution in [0.2, 0.25) is 0 Å². The Kier molecular flexibility index (Phi) is 4.29. The van der Waals surface area contributed by atoms with Crippen LogP contribution >= 0.6 is 0 Å². The van der Waals surface area contributed by atoms with Crippen molar-refractivity contribution < 1.29 is 0 Å². The number of nitrogens with one attached hydrogen (secondary N) is 2. The third-order valence-electron chi connectivity index (χ3n) is 5.07. The predicted octanol–water partition coefficient (Wildman–Crippen LogP) is 0.107. The monoisotopic (exact) mass is 354 g/mol. The Hall–Kier alpha value is -2.58. The van der Waals surface area contributed by atoms with Gasteiger partial charge in [0.05, 0.1) is 11.0 Å². The van der Waals surface area contributed by atoms with Gasteiger partial charge in [-0.15, -0.1) is 0 Å². The number of aromatic amines is 1. The van der Waals surface area contributed by atoms with Crippen molar-refractivity contribution in [1.82, 2.24) is 29.7 Å². The Morgan fingerprint density at radius 2 is 1.77 bits per heavy atom. The van der Waals surface area contributed by atoms with Gasteiger partial charge in [-0.05, 0) is 37.1 Å². The molecule has 1 aromatic carbocycles. The summed E-state index contributed by atoms with van der Waals surface area (Å²) in [5.41, 5.74) is 2.98. The average molecular weight is 354 g/mol. The number of nitrogens with zero attached hydrogens (tertiary/aromatic N) is 4. The molecule has 26 heavy (non-hydrogen) atoms. The van der Waals surface area contributed by atoms with E-state index in [9.17, 15) is 9.59 Å². The lowest BCUT2D eigenvalue weighted by Gasteiger charge is -2.28. The molecule has 0 radical (unpaired) electrons. The maximum absolute atomic E-state index is 12.3. The predicted molar refractivity (Wildman–Crippen MR) is 99.8 cm³/mol. The Morgan fingerprint density at radius 1 is 1.04 bits per heavy atom. The molecule has 0 spiro atoms. The van der Waals surface area contributed by atoms with Gasteiger partial charge in [0, 0.05) is 39.3 Å². The molecule has 0 bridgehead atoms. The molecule has 4 rings (SSSR count). The minimum Gasteiger partial charge on any atom is -0.321 e. The Bertz CT molecular complexity index is 1050. The summed E-state index contributed by atoms with van der Waals surface area (Å²) in [6, 6.07) is 4.04. The van der Waals surface area contributed by atoms with Gasteiger partial charge in [0.1, 0.15) is 0 Å². The molecule has 2 N–H and O–H groups in total. The summed E-state index contributed by atoms with van der Waals surface area (Å²) < 4.78 is 1.96. The molecule has 1 aromatic rings. The topological polar surface area (TPSA) is 95.9 Å². The maximum atomic E-state index is 12.3. The first kappa shape index (κ1) is 16.9. The second kappa shape index (κ2) is 6.62. The Labute approximate surface area is 150 Å². The molecule has 3 aliphatic rings. The number of piperazine rings is 1. The maximum Gasteiger partial charge on any atom is 0.349 e. The Balaban J connectivity index is 1.89. The zero-order chi connectivity index (χ0) is 18.3. The van der Waals surface area contributed by atoms with Crippen LogP contribution in [0.25, 0.3) is 22.6 Å². The molecule has 1 fully saturated rings. The molecule has 0 aliphatic carbocycles. The van der Waals surface area contributed by atoms with E-state index in [1.54, 1.807) is 0 Å². The summed E-state index contributed by atoms with van der Waals surface area (Å²) in [6.45, 7) is 9.47. The zero-order valence-electron chi connectivity index (χ0n) is 15.0. The van der Waals surface area contributed by atoms with E-state index in [0.29, 0.717) is 12.4 Å². The second-order valence-corrected chi connectivity index (χ2v) is 6.82. The van der Waals surface area contributed by atoms with Gasteiger partial charge in [0.25, 0.3) is 5.56 Å². The largest absolute Gasteiger partial charge is 0.349 e. The van der Waals surface area contributed by atoms with Crippen molar-refractivity contribution in [3.05, 3.63) is 44.1 Å². The van der Waals surface area contributed by atoms with Gasteiger partial charge in [-0.25, -0.2) is 9.78 Å². The van der Waals surface area contributed by atoms with Gasteiger partial charge >= 0.3 is 5.69 Å². The summed E-state index contributed by atoms with van der Waals surface area (Å²) in [5, 5.41) is 3.34. The highest BCUT2D eigenvalue weighted by Crippen LogP contribution is 2.23. The van der Waals surface area contributed by atoms with Crippen molar-refractivity contribution in [3.8, 4) is 11.5 Å². The van der Waals surface area contributed by atoms with Gasteiger partial charge in [0.15, 0.2) is 11.5 Å². The van der Waals surface area contributed by atoms with Crippen molar-refractivity contribution in [2.24, 2.45) is 0 Å². The van der Waals surface area contributed by atoms with E-state index in [1.807, 2.05) is 24.5 Å². The molecular formula is C18H22N6O2. The second-order valence-electron chi connectivity index (χ2n) is 6.82. The van der Waals surface area contributed by atoms with E-state index >= 15 is 0 Å². The minimum atomic E-state index is -0.636. The van der Waals surface area contributed by atoms with Crippen LogP contribution in [-0.2, 0) is 6.54 Å². The smallest absolute Gasteiger partial charge is 0.321 e. The lowest BCUT2D eigenvalue weighted by molar-refractivity contribution is 0.233. The van der Waals surface area contributed by atoms with Gasteiger partial charge < -0.3 is 9.88 Å². The van der Waals surface area contributed by atoms with E-state index in [4.69, 9.17) is 0 Å². The van der Waals surface area contributed by atoms with Crippen molar-refractivity contribution in [1.29, 1.82) is 0 Å². The van der Waals surface area contributed by atoms with Crippen LogP contribution in [-0.4, -0.2) is 57.1 Å². The van der Waals surface area contributed by atoms with Crippen LogP contribution in [0.4, 0.5) is 0 Å². The summed E-state index contributed by atoms with van der Waals surface area (Å²) in [5.74, 6) is 0.352. The fourth-order valence-corrected chi connectivity index (χ4v) is 3.45. The SMILES string of the molecule is Cc1cc2nc3c(=O)[nH]c(=O)nc-3n(CCN3CCNCC3)c2cc1C. The lowest BCUT2D eigenvalue weighted by atomic mass is 10.1. The highest BCUT2D eigenvalue weighted by atomic mass is 16.2. The van der Waals surface area contributed by atoms with Gasteiger partial charge in [0.2, 0.25) is 0 Å². The number of aromatic nitrogens is 4. The molecule has 3 aliphatic heterocycles. The highest BCUT2D eigenvalue weighted by molar-refractivity contribution is 5.81. The van der Waals surface area contributed by atoms with Crippen molar-refractivity contribution in [2.75, 3.05) is 32.7 Å². The first-order valence-electron chi connectivity index (χ1n) is 8.88. The van der Waals surface area contributed by atoms with Crippen LogP contribution in [0.3, 0.4) is 0 Å². The van der Waals surface area contributed by atoms with Crippen molar-refractivity contribution in [3.63, 3.8) is 0 Å². The van der Waals surface area contributed by atoms with Gasteiger partial charge in [-0.2, -0.15) is 4.98 Å². The standard InChI is InChI=1S/C18H22N6O2/c1-11-9-13-14(10-12(11)2)24(8-7-23-5-3-19-4-6-23)16-15(20-13)17(25)22-18(26)21-16/h9-10,19H,3-8H2,1-2H3,(H,22,25,26). The summed E-state index contributed by atoms with van der Waals surface area (Å²) >= 11 is 0. The molecule has 136 valence electrons. The molecule has 0 aromatic heterocycles. The van der Waals surface area contributed by atoms with Gasteiger partial charge in [-0.1, -0.05) is 0 Å². The number of H-pyrrole nitrogens is 1. The van der Waals surface area contributed by atoms with Gasteiger partial charge in [-0.3, -0.25) is 14.7 Å². The fraction of sp³-hybridized carbons (Fsp3) is 0.444. The molecule has 0 atom stereocenters. The van der Waals surface area contributed by atoms with E-state index < -0.39 is 11.2 Å². The van der Waals surface area contributed by atoms with Crippen molar-refractivity contribution >= 4 is 11.0 Å². The molecule has 8 heteroatoms. The quantitative estimate of drug-likeness (QED) is 0.648. The third-order valence-corrected chi connectivity index (χ3v) is 5.07. The minimum absolute atomic E-state index is 0.209. The van der Waals surface area contributed by atoms with E-state index in [-0.39, 0.29) is 5.69 Å². The molecule has 3 heterocycles. The normalized spacial score (nSPS) is 15.8. The number of hydrogen-bond acceptors (Lipinski definition) is 6. The van der Waals surface area contributed by atoms with Crippen LogP contribution < -0.4 is 16.6 Å². The van der Waals surface area contributed by atoms with E-state index in [2.05, 4.69) is 31.2 Å². The van der Waals surface area contributed by atoms with Crippen LogP contribution in [0.1, 0.15) is 11.1 Å². The first-order chi connectivity index (χ1) is 12.5. The zero-order valence-corrected chi connectivity index (χ0v) is 15.0. The summed E-state index contributed by atoms with van der Waals surface area (Å²) in [4.78, 5) is 37.2. The van der Waals surface area contributed by atoms with Crippen LogP contribution in [0.5, 0.6) is 0 Å². The highest BCUT2D eigenvalue weighted by Gasteiger charge is 2.20. The number of benzene rings is 1. The van der Waals surface area contributed by atoms with Crippen LogP contribution in [0.15, 0.2) is 21.7 Å². The fourth-order valence-electron chi connectivity index (χ4n) is 3.45.